The van der Waals surface area contributed by atoms with Crippen molar-refractivity contribution in [2.75, 3.05) is 17.6 Å². The van der Waals surface area contributed by atoms with Crippen molar-refractivity contribution < 1.29 is 39.9 Å². The van der Waals surface area contributed by atoms with Gasteiger partial charge in [-0.15, -0.1) is 0 Å². The van der Waals surface area contributed by atoms with Gasteiger partial charge in [0, 0.05) is 11.6 Å². The van der Waals surface area contributed by atoms with E-state index in [0.717, 1.165) is 42.7 Å². The summed E-state index contributed by atoms with van der Waals surface area (Å²) in [4.78, 5) is 12.2. The highest BCUT2D eigenvalue weighted by Crippen LogP contribution is 2.33. The molecule has 0 aliphatic carbocycles. The number of hydrogen-bond donors (Lipinski definition) is 2. The Morgan fingerprint density at radius 2 is 1.76 bits per heavy atom. The molecule has 33 heavy (non-hydrogen) atoms. The monoisotopic (exact) mass is 492 g/mol. The Hall–Kier alpha value is -3.15. The lowest BCUT2D eigenvalue weighted by molar-refractivity contribution is -0.137. The average Bonchev–Trinajstić information content (AvgIpc) is 2.68. The van der Waals surface area contributed by atoms with Crippen LogP contribution in [0.1, 0.15) is 36.6 Å². The van der Waals surface area contributed by atoms with Crippen molar-refractivity contribution in [1.82, 2.24) is 5.32 Å². The van der Waals surface area contributed by atoms with Gasteiger partial charge >= 0.3 is 6.18 Å². The van der Waals surface area contributed by atoms with Crippen LogP contribution in [0.4, 0.5) is 27.6 Å². The first-order chi connectivity index (χ1) is 15.2. The van der Waals surface area contributed by atoms with Crippen molar-refractivity contribution in [3.05, 3.63) is 64.7 Å². The third kappa shape index (κ3) is 7.45. The molecule has 180 valence electrons. The number of carbonyl (C=O) groups is 1. The molecular formula is C21H21F5N2O4S. The third-order valence-corrected chi connectivity index (χ3v) is 4.84. The SMILES string of the molecule is CCOc1cc(C(F)(F)F)ccc1/C=C/C(=O)N[C@H](C)c1cc(F)c(NS(C)(=O)=O)c(F)c1. The maximum absolute atomic E-state index is 14.2. The fourth-order valence-corrected chi connectivity index (χ4v) is 3.33. The van der Waals surface area contributed by atoms with Gasteiger partial charge in [0.15, 0.2) is 11.6 Å². The number of hydrogen-bond acceptors (Lipinski definition) is 4. The topological polar surface area (TPSA) is 84.5 Å². The second-order valence-electron chi connectivity index (χ2n) is 6.98. The Morgan fingerprint density at radius 1 is 1.15 bits per heavy atom. The number of carbonyl (C=O) groups excluding carboxylic acids is 1. The normalized spacial score (nSPS) is 13.1. The van der Waals surface area contributed by atoms with E-state index < -0.39 is 51.0 Å². The van der Waals surface area contributed by atoms with Gasteiger partial charge in [-0.2, -0.15) is 13.2 Å². The van der Waals surface area contributed by atoms with Gasteiger partial charge in [0.2, 0.25) is 15.9 Å². The molecule has 0 heterocycles. The minimum absolute atomic E-state index is 0.0235. The largest absolute Gasteiger partial charge is 0.493 e. The van der Waals surface area contributed by atoms with Gasteiger partial charge in [-0.25, -0.2) is 17.2 Å². The minimum Gasteiger partial charge on any atom is -0.493 e. The first kappa shape index (κ1) is 26.1. The number of amides is 1. The van der Waals surface area contributed by atoms with E-state index >= 15 is 0 Å². The number of rotatable bonds is 8. The zero-order chi connectivity index (χ0) is 25.0. The fraction of sp³-hybridized carbons (Fsp3) is 0.286. The Morgan fingerprint density at radius 3 is 2.27 bits per heavy atom. The minimum atomic E-state index is -4.56. The highest BCUT2D eigenvalue weighted by molar-refractivity contribution is 7.92. The summed E-state index contributed by atoms with van der Waals surface area (Å²) in [6.07, 6.45) is -1.54. The van der Waals surface area contributed by atoms with Crippen LogP contribution in [0.25, 0.3) is 6.08 Å². The van der Waals surface area contributed by atoms with Crippen LogP contribution in [0.3, 0.4) is 0 Å². The van der Waals surface area contributed by atoms with Gasteiger partial charge in [-0.05, 0) is 49.8 Å². The molecule has 0 aliphatic heterocycles. The summed E-state index contributed by atoms with van der Waals surface area (Å²) >= 11 is 0. The maximum Gasteiger partial charge on any atom is 0.416 e. The van der Waals surface area contributed by atoms with Crippen molar-refractivity contribution in [2.24, 2.45) is 0 Å². The number of nitrogens with one attached hydrogen (secondary N) is 2. The van der Waals surface area contributed by atoms with E-state index in [1.54, 1.807) is 11.6 Å². The van der Waals surface area contributed by atoms with Crippen LogP contribution >= 0.6 is 0 Å². The lowest BCUT2D eigenvalue weighted by atomic mass is 10.1. The van der Waals surface area contributed by atoms with Crippen LogP contribution in [-0.4, -0.2) is 27.2 Å². The molecule has 0 saturated heterocycles. The zero-order valence-electron chi connectivity index (χ0n) is 17.8. The molecule has 2 rings (SSSR count). The van der Waals surface area contributed by atoms with E-state index in [1.807, 2.05) is 0 Å². The number of alkyl halides is 3. The van der Waals surface area contributed by atoms with E-state index in [9.17, 15) is 35.2 Å². The predicted octanol–water partition coefficient (Wildman–Crippen LogP) is 4.64. The Kier molecular flexibility index (Phi) is 8.06. The molecule has 0 aromatic heterocycles. The number of benzene rings is 2. The van der Waals surface area contributed by atoms with E-state index in [1.165, 1.54) is 13.0 Å². The molecule has 0 unspecified atom stereocenters. The molecule has 0 spiro atoms. The Labute approximate surface area is 187 Å². The molecular weight excluding hydrogens is 471 g/mol. The summed E-state index contributed by atoms with van der Waals surface area (Å²) in [6.45, 7) is 3.14. The maximum atomic E-state index is 14.2. The molecule has 0 fully saturated rings. The van der Waals surface area contributed by atoms with Crippen LogP contribution in [0.2, 0.25) is 0 Å². The van der Waals surface area contributed by atoms with Gasteiger partial charge in [0.05, 0.1) is 24.5 Å². The summed E-state index contributed by atoms with van der Waals surface area (Å²) in [6, 6.07) is 3.68. The number of ether oxygens (including phenoxy) is 1. The van der Waals surface area contributed by atoms with Crippen LogP contribution < -0.4 is 14.8 Å². The molecule has 0 bridgehead atoms. The fourth-order valence-electron chi connectivity index (χ4n) is 2.76. The van der Waals surface area contributed by atoms with Crippen molar-refractivity contribution in [3.63, 3.8) is 0 Å². The summed E-state index contributed by atoms with van der Waals surface area (Å²) in [5.41, 5.74) is -1.50. The summed E-state index contributed by atoms with van der Waals surface area (Å²) in [5, 5.41) is 2.46. The quantitative estimate of drug-likeness (QED) is 0.415. The standard InChI is InChI=1S/C21H21F5N2O4S/c1-4-32-18-11-15(21(24,25)26)7-5-13(18)6-8-19(29)27-12(2)14-9-16(22)20(17(23)10-14)28-33(3,30)31/h5-12,28H,4H2,1-3H3,(H,27,29)/b8-6+/t12-/m1/s1. The second-order valence-corrected chi connectivity index (χ2v) is 8.73. The van der Waals surface area contributed by atoms with Crippen LogP contribution in [0, 0.1) is 11.6 Å². The number of sulfonamides is 1. The number of anilines is 1. The van der Waals surface area contributed by atoms with E-state index in [-0.39, 0.29) is 23.5 Å². The molecule has 12 heteroatoms. The molecule has 2 aromatic carbocycles. The van der Waals surface area contributed by atoms with Crippen LogP contribution in [0.5, 0.6) is 5.75 Å². The Balaban J connectivity index is 2.18. The van der Waals surface area contributed by atoms with E-state index in [4.69, 9.17) is 4.74 Å². The van der Waals surface area contributed by atoms with Gasteiger partial charge in [0.1, 0.15) is 11.4 Å². The van der Waals surface area contributed by atoms with Gasteiger partial charge in [-0.1, -0.05) is 6.07 Å². The molecule has 0 aliphatic rings. The van der Waals surface area contributed by atoms with Gasteiger partial charge in [0.25, 0.3) is 0 Å². The summed E-state index contributed by atoms with van der Waals surface area (Å²) in [7, 11) is -3.91. The van der Waals surface area contributed by atoms with Gasteiger partial charge in [-0.3, -0.25) is 9.52 Å². The van der Waals surface area contributed by atoms with Gasteiger partial charge < -0.3 is 10.1 Å². The molecule has 1 atom stereocenters. The molecule has 2 aromatic rings. The average molecular weight is 492 g/mol. The first-order valence-electron chi connectivity index (χ1n) is 9.50. The predicted molar refractivity (Wildman–Crippen MR) is 113 cm³/mol. The summed E-state index contributed by atoms with van der Waals surface area (Å²) in [5.74, 6) is -3.09. The van der Waals surface area contributed by atoms with Crippen molar-refractivity contribution >= 4 is 27.7 Å². The van der Waals surface area contributed by atoms with Crippen molar-refractivity contribution in [2.45, 2.75) is 26.1 Å². The lowest BCUT2D eigenvalue weighted by Crippen LogP contribution is -2.25. The molecule has 0 saturated carbocycles. The molecule has 0 radical (unpaired) electrons. The molecule has 1 amide bonds. The van der Waals surface area contributed by atoms with Crippen LogP contribution in [0.15, 0.2) is 36.4 Å². The van der Waals surface area contributed by atoms with E-state index in [2.05, 4.69) is 5.32 Å². The summed E-state index contributed by atoms with van der Waals surface area (Å²) < 4.78 is 96.4. The van der Waals surface area contributed by atoms with Crippen LogP contribution in [-0.2, 0) is 21.0 Å². The van der Waals surface area contributed by atoms with Crippen molar-refractivity contribution in [3.8, 4) is 5.75 Å². The Bertz CT molecular complexity index is 1140. The number of halogens is 5. The lowest BCUT2D eigenvalue weighted by Gasteiger charge is -2.15. The second kappa shape index (κ2) is 10.2. The van der Waals surface area contributed by atoms with Crippen molar-refractivity contribution in [1.29, 1.82) is 0 Å². The smallest absolute Gasteiger partial charge is 0.416 e. The zero-order valence-corrected chi connectivity index (χ0v) is 18.6. The van der Waals surface area contributed by atoms with E-state index in [0.29, 0.717) is 0 Å². The first-order valence-corrected chi connectivity index (χ1v) is 11.4. The highest BCUT2D eigenvalue weighted by Gasteiger charge is 2.31. The molecule has 6 nitrogen and oxygen atoms in total. The molecule has 2 N–H and O–H groups in total. The third-order valence-electron chi connectivity index (χ3n) is 4.27. The highest BCUT2D eigenvalue weighted by atomic mass is 32.2.